The van der Waals surface area contributed by atoms with Gasteiger partial charge in [-0.3, -0.25) is 4.79 Å². The first-order valence-electron chi connectivity index (χ1n) is 9.24. The van der Waals surface area contributed by atoms with Gasteiger partial charge in [0.05, 0.1) is 6.54 Å². The largest absolute Gasteiger partial charge is 0.333 e. The SMILES string of the molecule is Cc1cc(C)c(Cn2ccnc2CN(C(=O)C2CC2)C(C)C)c(C)c1. The number of aromatic nitrogens is 2. The number of nitrogens with zero attached hydrogens (tertiary/aromatic N) is 3. The van der Waals surface area contributed by atoms with Crippen LogP contribution in [0.2, 0.25) is 0 Å². The van der Waals surface area contributed by atoms with Gasteiger partial charge < -0.3 is 9.47 Å². The van der Waals surface area contributed by atoms with E-state index in [1.807, 2.05) is 17.3 Å². The molecule has 1 aliphatic rings. The molecular formula is C21H29N3O. The Kier molecular flexibility index (Phi) is 4.98. The summed E-state index contributed by atoms with van der Waals surface area (Å²) < 4.78 is 2.18. The smallest absolute Gasteiger partial charge is 0.226 e. The lowest BCUT2D eigenvalue weighted by Crippen LogP contribution is -2.38. The molecule has 4 nitrogen and oxygen atoms in total. The van der Waals surface area contributed by atoms with Crippen molar-refractivity contribution in [2.24, 2.45) is 5.92 Å². The molecule has 1 heterocycles. The van der Waals surface area contributed by atoms with Crippen LogP contribution in [-0.4, -0.2) is 26.4 Å². The Morgan fingerprint density at radius 1 is 1.24 bits per heavy atom. The highest BCUT2D eigenvalue weighted by Gasteiger charge is 2.34. The van der Waals surface area contributed by atoms with E-state index in [1.54, 1.807) is 0 Å². The summed E-state index contributed by atoms with van der Waals surface area (Å²) in [7, 11) is 0. The predicted molar refractivity (Wildman–Crippen MR) is 100 cm³/mol. The van der Waals surface area contributed by atoms with Crippen LogP contribution in [0.4, 0.5) is 0 Å². The molecule has 134 valence electrons. The zero-order valence-corrected chi connectivity index (χ0v) is 16.0. The number of benzene rings is 1. The number of imidazole rings is 1. The second kappa shape index (κ2) is 7.03. The third-order valence-corrected chi connectivity index (χ3v) is 5.12. The fraction of sp³-hybridized carbons (Fsp3) is 0.524. The normalized spacial score (nSPS) is 14.2. The summed E-state index contributed by atoms with van der Waals surface area (Å²) >= 11 is 0. The number of hydrogen-bond acceptors (Lipinski definition) is 2. The number of hydrogen-bond donors (Lipinski definition) is 0. The lowest BCUT2D eigenvalue weighted by atomic mass is 10.00. The van der Waals surface area contributed by atoms with Gasteiger partial charge >= 0.3 is 0 Å². The van der Waals surface area contributed by atoms with Crippen LogP contribution in [0.3, 0.4) is 0 Å². The van der Waals surface area contributed by atoms with Crippen molar-refractivity contribution < 1.29 is 4.79 Å². The first-order chi connectivity index (χ1) is 11.9. The first kappa shape index (κ1) is 17.7. The molecule has 4 heteroatoms. The molecule has 1 aromatic heterocycles. The van der Waals surface area contributed by atoms with Crippen LogP contribution in [0.15, 0.2) is 24.5 Å². The molecule has 0 atom stereocenters. The molecular weight excluding hydrogens is 310 g/mol. The van der Waals surface area contributed by atoms with Crippen LogP contribution in [0.1, 0.15) is 54.8 Å². The van der Waals surface area contributed by atoms with Crippen LogP contribution in [-0.2, 0) is 17.9 Å². The van der Waals surface area contributed by atoms with Gasteiger partial charge in [-0.1, -0.05) is 17.7 Å². The topological polar surface area (TPSA) is 38.1 Å². The molecule has 1 aliphatic carbocycles. The first-order valence-corrected chi connectivity index (χ1v) is 9.24. The zero-order valence-electron chi connectivity index (χ0n) is 16.0. The average molecular weight is 339 g/mol. The molecule has 0 aliphatic heterocycles. The maximum absolute atomic E-state index is 12.6. The van der Waals surface area contributed by atoms with Gasteiger partial charge in [-0.2, -0.15) is 0 Å². The monoisotopic (exact) mass is 339 g/mol. The van der Waals surface area contributed by atoms with Crippen LogP contribution in [0.5, 0.6) is 0 Å². The Labute approximate surface area is 150 Å². The summed E-state index contributed by atoms with van der Waals surface area (Å²) in [5, 5.41) is 0. The molecule has 25 heavy (non-hydrogen) atoms. The molecule has 0 radical (unpaired) electrons. The molecule has 1 amide bonds. The van der Waals surface area contributed by atoms with E-state index in [0.717, 1.165) is 25.2 Å². The fourth-order valence-electron chi connectivity index (χ4n) is 3.50. The highest BCUT2D eigenvalue weighted by molar-refractivity contribution is 5.81. The van der Waals surface area contributed by atoms with Gasteiger partial charge in [0, 0.05) is 30.9 Å². The Morgan fingerprint density at radius 3 is 2.44 bits per heavy atom. The molecule has 3 rings (SSSR count). The van der Waals surface area contributed by atoms with Crippen molar-refractivity contribution in [3.05, 3.63) is 52.6 Å². The number of aryl methyl sites for hydroxylation is 3. The molecule has 1 fully saturated rings. The van der Waals surface area contributed by atoms with Crippen LogP contribution in [0, 0.1) is 26.7 Å². The molecule has 1 aromatic carbocycles. The molecule has 0 unspecified atom stereocenters. The summed E-state index contributed by atoms with van der Waals surface area (Å²) in [6.07, 6.45) is 5.94. The third-order valence-electron chi connectivity index (χ3n) is 5.12. The third kappa shape index (κ3) is 3.94. The van der Waals surface area contributed by atoms with E-state index in [0.29, 0.717) is 6.54 Å². The number of carbonyl (C=O) groups is 1. The van der Waals surface area contributed by atoms with Gasteiger partial charge in [-0.15, -0.1) is 0 Å². The van der Waals surface area contributed by atoms with Gasteiger partial charge in [0.1, 0.15) is 5.82 Å². The Hall–Kier alpha value is -2.10. The average Bonchev–Trinajstić information content (AvgIpc) is 3.28. The number of rotatable bonds is 6. The maximum atomic E-state index is 12.6. The van der Waals surface area contributed by atoms with E-state index in [2.05, 4.69) is 56.3 Å². The summed E-state index contributed by atoms with van der Waals surface area (Å²) in [6, 6.07) is 4.66. The van der Waals surface area contributed by atoms with Gasteiger partial charge in [-0.05, 0) is 64.2 Å². The number of carbonyl (C=O) groups excluding carboxylic acids is 1. The van der Waals surface area contributed by atoms with E-state index in [1.165, 1.54) is 22.3 Å². The maximum Gasteiger partial charge on any atom is 0.226 e. The van der Waals surface area contributed by atoms with Crippen molar-refractivity contribution in [3.63, 3.8) is 0 Å². The highest BCUT2D eigenvalue weighted by Crippen LogP contribution is 2.32. The van der Waals surface area contributed by atoms with Gasteiger partial charge in [-0.25, -0.2) is 4.98 Å². The lowest BCUT2D eigenvalue weighted by Gasteiger charge is -2.27. The summed E-state index contributed by atoms with van der Waals surface area (Å²) in [6.45, 7) is 12.0. The molecule has 2 aromatic rings. The second-order valence-corrected chi connectivity index (χ2v) is 7.68. The zero-order chi connectivity index (χ0) is 18.1. The fourth-order valence-corrected chi connectivity index (χ4v) is 3.50. The van der Waals surface area contributed by atoms with E-state index < -0.39 is 0 Å². The molecule has 0 spiro atoms. The standard InChI is InChI=1S/C21H29N3O/c1-14(2)24(21(25)18-6-7-18)13-20-22-8-9-23(20)12-19-16(4)10-15(3)11-17(19)5/h8-11,14,18H,6-7,12-13H2,1-5H3. The molecule has 0 N–H and O–H groups in total. The molecule has 0 bridgehead atoms. The molecule has 0 saturated heterocycles. The van der Waals surface area contributed by atoms with E-state index in [9.17, 15) is 4.79 Å². The highest BCUT2D eigenvalue weighted by atomic mass is 16.2. The minimum Gasteiger partial charge on any atom is -0.333 e. The van der Waals surface area contributed by atoms with Crippen molar-refractivity contribution >= 4 is 5.91 Å². The minimum atomic E-state index is 0.195. The van der Waals surface area contributed by atoms with Gasteiger partial charge in [0.2, 0.25) is 5.91 Å². The Bertz CT molecular complexity index is 748. The van der Waals surface area contributed by atoms with E-state index >= 15 is 0 Å². The summed E-state index contributed by atoms with van der Waals surface area (Å²) in [5.74, 6) is 1.49. The van der Waals surface area contributed by atoms with Crippen LogP contribution in [0.25, 0.3) is 0 Å². The van der Waals surface area contributed by atoms with Crippen molar-refractivity contribution in [1.82, 2.24) is 14.5 Å². The predicted octanol–water partition coefficient (Wildman–Crippen LogP) is 4.00. The van der Waals surface area contributed by atoms with Crippen molar-refractivity contribution in [2.75, 3.05) is 0 Å². The van der Waals surface area contributed by atoms with Gasteiger partial charge in [0.25, 0.3) is 0 Å². The summed E-state index contributed by atoms with van der Waals surface area (Å²) in [4.78, 5) is 19.1. The van der Waals surface area contributed by atoms with Gasteiger partial charge in [0.15, 0.2) is 0 Å². The number of amides is 1. The summed E-state index contributed by atoms with van der Waals surface area (Å²) in [5.41, 5.74) is 5.26. The Morgan fingerprint density at radius 2 is 1.88 bits per heavy atom. The van der Waals surface area contributed by atoms with Crippen molar-refractivity contribution in [2.45, 2.75) is 66.6 Å². The van der Waals surface area contributed by atoms with E-state index in [-0.39, 0.29) is 17.9 Å². The second-order valence-electron chi connectivity index (χ2n) is 7.68. The van der Waals surface area contributed by atoms with Crippen molar-refractivity contribution in [1.29, 1.82) is 0 Å². The Balaban J connectivity index is 1.82. The van der Waals surface area contributed by atoms with Crippen molar-refractivity contribution in [3.8, 4) is 0 Å². The lowest BCUT2D eigenvalue weighted by molar-refractivity contribution is -0.135. The minimum absolute atomic E-state index is 0.195. The van der Waals surface area contributed by atoms with Crippen LogP contribution >= 0.6 is 0 Å². The van der Waals surface area contributed by atoms with E-state index in [4.69, 9.17) is 0 Å². The molecule has 1 saturated carbocycles. The van der Waals surface area contributed by atoms with Crippen LogP contribution < -0.4 is 0 Å². The quantitative estimate of drug-likeness (QED) is 0.798.